The minimum atomic E-state index is 0. The summed E-state index contributed by atoms with van der Waals surface area (Å²) in [4.78, 5) is 0. The molecule has 0 aliphatic rings. The number of hydrogen-bond acceptors (Lipinski definition) is 1. The van der Waals surface area contributed by atoms with E-state index in [1.54, 1.807) is 0 Å². The molecule has 0 bridgehead atoms. The van der Waals surface area contributed by atoms with Crippen molar-refractivity contribution >= 4 is 0 Å². The van der Waals surface area contributed by atoms with E-state index in [4.69, 9.17) is 0 Å². The first-order valence-corrected chi connectivity index (χ1v) is 2.12. The molecular weight excluding hydrogens is 117 g/mol. The normalized spacial score (nSPS) is 7.00. The summed E-state index contributed by atoms with van der Waals surface area (Å²) in [6.45, 7) is 6.39. The second-order valence-corrected chi connectivity index (χ2v) is 0.957. The Hall–Kier alpha value is 0.479. The molecule has 1 N–H and O–H groups in total. The molecule has 0 heterocycles. The second kappa shape index (κ2) is 9.08. The van der Waals surface area contributed by atoms with Crippen LogP contribution in [0.3, 0.4) is 0 Å². The molecule has 0 unspecified atom stereocenters. The first-order valence-electron chi connectivity index (χ1n) is 2.12. The fourth-order valence-corrected chi connectivity index (χ4v) is 0.250. The van der Waals surface area contributed by atoms with Crippen LogP contribution in [0.2, 0.25) is 0 Å². The quantitative estimate of drug-likeness (QED) is 0.537. The zero-order valence-electron chi connectivity index (χ0n) is 4.29. The molecule has 0 aliphatic heterocycles. The van der Waals surface area contributed by atoms with Crippen molar-refractivity contribution in [2.24, 2.45) is 0 Å². The first-order chi connectivity index (χ1) is 2.41. The average Bonchev–Trinajstić information content (AvgIpc) is 1.41. The molecule has 0 rings (SSSR count). The van der Waals surface area contributed by atoms with Crippen LogP contribution in [0.1, 0.15) is 13.8 Å². The van der Waals surface area contributed by atoms with Crippen molar-refractivity contribution in [3.63, 3.8) is 0 Å². The Bertz CT molecular complexity index is 15.0. The second-order valence-electron chi connectivity index (χ2n) is 0.957. The largest absolute Gasteiger partial charge is 0.317 e. The summed E-state index contributed by atoms with van der Waals surface area (Å²) in [6.07, 6.45) is 0. The molecule has 0 saturated heterocycles. The predicted molar refractivity (Wildman–Crippen MR) is 24.2 cm³/mol. The molecule has 0 aromatic heterocycles. The molecule has 0 amide bonds. The Kier molecular flexibility index (Phi) is 14.7. The maximum Gasteiger partial charge on any atom is 0 e. The van der Waals surface area contributed by atoms with E-state index >= 15 is 0 Å². The van der Waals surface area contributed by atoms with Crippen molar-refractivity contribution in [1.29, 1.82) is 0 Å². The molecule has 1 radical (unpaired) electrons. The molecule has 0 aliphatic carbocycles. The van der Waals surface area contributed by atoms with E-state index in [-0.39, 0.29) is 17.1 Å². The Labute approximate surface area is 50.0 Å². The van der Waals surface area contributed by atoms with Crippen molar-refractivity contribution in [3.8, 4) is 0 Å². The smallest absolute Gasteiger partial charge is 0 e. The van der Waals surface area contributed by atoms with Gasteiger partial charge in [0.25, 0.3) is 0 Å². The van der Waals surface area contributed by atoms with Crippen molar-refractivity contribution in [3.05, 3.63) is 0 Å². The summed E-state index contributed by atoms with van der Waals surface area (Å²) in [5.41, 5.74) is 0. The van der Waals surface area contributed by atoms with Crippen LogP contribution in [0, 0.1) is 0 Å². The zero-order chi connectivity index (χ0) is 4.12. The van der Waals surface area contributed by atoms with Crippen LogP contribution in [0.25, 0.3) is 0 Å². The SMILES string of the molecule is CCNCC.[Mn]. The van der Waals surface area contributed by atoms with E-state index in [2.05, 4.69) is 19.2 Å². The van der Waals surface area contributed by atoms with Gasteiger partial charge in [-0.05, 0) is 13.1 Å². The van der Waals surface area contributed by atoms with Gasteiger partial charge in [0, 0.05) is 17.1 Å². The van der Waals surface area contributed by atoms with Gasteiger partial charge in [-0.15, -0.1) is 0 Å². The van der Waals surface area contributed by atoms with Gasteiger partial charge in [0.2, 0.25) is 0 Å². The summed E-state index contributed by atoms with van der Waals surface area (Å²) in [7, 11) is 0. The van der Waals surface area contributed by atoms with Crippen molar-refractivity contribution in [2.75, 3.05) is 13.1 Å². The van der Waals surface area contributed by atoms with E-state index in [0.717, 1.165) is 13.1 Å². The minimum absolute atomic E-state index is 0. The molecule has 6 heavy (non-hydrogen) atoms. The topological polar surface area (TPSA) is 12.0 Å². The summed E-state index contributed by atoms with van der Waals surface area (Å²) in [5, 5.41) is 3.11. The third-order valence-electron chi connectivity index (χ3n) is 0.500. The predicted octanol–water partition coefficient (Wildman–Crippen LogP) is 0.613. The minimum Gasteiger partial charge on any atom is -0.317 e. The number of nitrogens with one attached hydrogen (secondary N) is 1. The molecule has 0 aromatic carbocycles. The van der Waals surface area contributed by atoms with Crippen LogP contribution in [0.5, 0.6) is 0 Å². The monoisotopic (exact) mass is 128 g/mol. The van der Waals surface area contributed by atoms with Crippen LogP contribution in [-0.4, -0.2) is 13.1 Å². The van der Waals surface area contributed by atoms with Crippen LogP contribution in [-0.2, 0) is 17.1 Å². The number of hydrogen-bond donors (Lipinski definition) is 1. The van der Waals surface area contributed by atoms with Gasteiger partial charge in [-0.3, -0.25) is 0 Å². The Morgan fingerprint density at radius 1 is 1.17 bits per heavy atom. The average molecular weight is 128 g/mol. The summed E-state index contributed by atoms with van der Waals surface area (Å²) < 4.78 is 0. The van der Waals surface area contributed by atoms with Crippen LogP contribution >= 0.6 is 0 Å². The van der Waals surface area contributed by atoms with E-state index in [9.17, 15) is 0 Å². The maximum absolute atomic E-state index is 3.11. The van der Waals surface area contributed by atoms with Crippen molar-refractivity contribution in [2.45, 2.75) is 13.8 Å². The zero-order valence-corrected chi connectivity index (χ0v) is 5.47. The Morgan fingerprint density at radius 3 is 1.50 bits per heavy atom. The molecule has 39 valence electrons. The van der Waals surface area contributed by atoms with Gasteiger partial charge < -0.3 is 5.32 Å². The van der Waals surface area contributed by atoms with E-state index < -0.39 is 0 Å². The van der Waals surface area contributed by atoms with E-state index in [1.165, 1.54) is 0 Å². The molecule has 0 spiro atoms. The maximum atomic E-state index is 3.11. The van der Waals surface area contributed by atoms with Crippen LogP contribution in [0.4, 0.5) is 0 Å². The third kappa shape index (κ3) is 8.82. The summed E-state index contributed by atoms with van der Waals surface area (Å²) in [6, 6.07) is 0. The standard InChI is InChI=1S/C4H11N.Mn/c1-3-5-4-2;/h5H,3-4H2,1-2H3;. The van der Waals surface area contributed by atoms with Crippen molar-refractivity contribution < 1.29 is 17.1 Å². The Balaban J connectivity index is 0. The number of rotatable bonds is 2. The molecule has 1 nitrogen and oxygen atoms in total. The first kappa shape index (κ1) is 9.70. The van der Waals surface area contributed by atoms with Gasteiger partial charge in [-0.25, -0.2) is 0 Å². The van der Waals surface area contributed by atoms with Gasteiger partial charge in [0.05, 0.1) is 0 Å². The Morgan fingerprint density at radius 2 is 1.50 bits per heavy atom. The summed E-state index contributed by atoms with van der Waals surface area (Å²) >= 11 is 0. The van der Waals surface area contributed by atoms with Gasteiger partial charge >= 0.3 is 0 Å². The fraction of sp³-hybridized carbons (Fsp3) is 1.00. The van der Waals surface area contributed by atoms with E-state index in [0.29, 0.717) is 0 Å². The molecule has 0 aromatic rings. The molecule has 2 heteroatoms. The molecular formula is C4H11MnN. The fourth-order valence-electron chi connectivity index (χ4n) is 0.250. The van der Waals surface area contributed by atoms with Crippen LogP contribution in [0.15, 0.2) is 0 Å². The van der Waals surface area contributed by atoms with Gasteiger partial charge in [0.1, 0.15) is 0 Å². The summed E-state index contributed by atoms with van der Waals surface area (Å²) in [5.74, 6) is 0. The molecule has 0 fully saturated rings. The van der Waals surface area contributed by atoms with E-state index in [1.807, 2.05) is 0 Å². The van der Waals surface area contributed by atoms with Gasteiger partial charge in [-0.1, -0.05) is 13.8 Å². The molecule has 0 atom stereocenters. The molecule has 0 saturated carbocycles. The third-order valence-corrected chi connectivity index (χ3v) is 0.500. The van der Waals surface area contributed by atoms with Gasteiger partial charge in [0.15, 0.2) is 0 Å². The van der Waals surface area contributed by atoms with Gasteiger partial charge in [-0.2, -0.15) is 0 Å². The van der Waals surface area contributed by atoms with Crippen LogP contribution < -0.4 is 5.32 Å². The van der Waals surface area contributed by atoms with Crippen molar-refractivity contribution in [1.82, 2.24) is 5.32 Å².